The van der Waals surface area contributed by atoms with Crippen LogP contribution in [0.3, 0.4) is 0 Å². The van der Waals surface area contributed by atoms with Gasteiger partial charge in [-0.2, -0.15) is 0 Å². The van der Waals surface area contributed by atoms with Crippen molar-refractivity contribution in [1.29, 1.82) is 0 Å². The van der Waals surface area contributed by atoms with E-state index in [1.54, 1.807) is 0 Å². The number of rotatable bonds is 8. The molecule has 0 aliphatic carbocycles. The third-order valence-electron chi connectivity index (χ3n) is 5.36. The van der Waals surface area contributed by atoms with Crippen LogP contribution in [0.15, 0.2) is 53.5 Å². The monoisotopic (exact) mass is 394 g/mol. The van der Waals surface area contributed by atoms with E-state index >= 15 is 0 Å². The second kappa shape index (κ2) is 10.4. The van der Waals surface area contributed by atoms with Crippen LogP contribution in [0.5, 0.6) is 11.5 Å². The molecule has 2 aliphatic heterocycles. The van der Waals surface area contributed by atoms with Gasteiger partial charge in [0.1, 0.15) is 18.1 Å². The van der Waals surface area contributed by atoms with Crippen molar-refractivity contribution < 1.29 is 14.2 Å². The van der Waals surface area contributed by atoms with Gasteiger partial charge in [0.2, 0.25) is 0 Å². The fourth-order valence-corrected chi connectivity index (χ4v) is 3.66. The lowest BCUT2D eigenvalue weighted by Crippen LogP contribution is -2.25. The Hall–Kier alpha value is -2.37. The number of hydrogen-bond donors (Lipinski definition) is 0. The van der Waals surface area contributed by atoms with Crippen molar-refractivity contribution in [3.8, 4) is 11.5 Å². The van der Waals surface area contributed by atoms with E-state index in [1.807, 2.05) is 54.7 Å². The fraction of sp³-hybridized carbons (Fsp3) is 0.458. The van der Waals surface area contributed by atoms with Crippen LogP contribution in [0.2, 0.25) is 0 Å². The molecule has 4 rings (SSSR count). The van der Waals surface area contributed by atoms with Gasteiger partial charge < -0.3 is 14.2 Å². The minimum Gasteiger partial charge on any atom is -0.492 e. The second-order valence-corrected chi connectivity index (χ2v) is 7.63. The Balaban J connectivity index is 1.23. The Labute approximate surface area is 173 Å². The first-order chi connectivity index (χ1) is 14.3. The standard InChI is InChI=1S/C24H30N2O3/c1-4-17-28-24(5-1)29-23-10-6-20(7-11-23)19-25-21-8-12-22(13-9-21)27-18-16-26-14-2-3-15-26/h6-13,19,24H,1-5,14-18H2. The number of ether oxygens (including phenoxy) is 3. The zero-order chi connectivity index (χ0) is 19.7. The van der Waals surface area contributed by atoms with Gasteiger partial charge in [0, 0.05) is 19.2 Å². The molecular formula is C24H30N2O3. The van der Waals surface area contributed by atoms with Crippen molar-refractivity contribution in [3.63, 3.8) is 0 Å². The molecule has 29 heavy (non-hydrogen) atoms. The minimum atomic E-state index is -0.112. The summed E-state index contributed by atoms with van der Waals surface area (Å²) < 4.78 is 17.3. The number of hydrogen-bond acceptors (Lipinski definition) is 5. The van der Waals surface area contributed by atoms with Crippen LogP contribution in [0.4, 0.5) is 5.69 Å². The van der Waals surface area contributed by atoms with Crippen molar-refractivity contribution in [2.75, 3.05) is 32.8 Å². The maximum atomic E-state index is 5.87. The lowest BCUT2D eigenvalue weighted by atomic mass is 10.2. The van der Waals surface area contributed by atoms with Gasteiger partial charge in [0.15, 0.2) is 6.29 Å². The number of aliphatic imine (C=N–C) groups is 1. The second-order valence-electron chi connectivity index (χ2n) is 7.63. The zero-order valence-corrected chi connectivity index (χ0v) is 17.0. The summed E-state index contributed by atoms with van der Waals surface area (Å²) in [6.07, 6.45) is 7.64. The molecule has 2 aliphatic rings. The smallest absolute Gasteiger partial charge is 0.199 e. The van der Waals surface area contributed by atoms with Crippen LogP contribution in [-0.2, 0) is 4.74 Å². The fourth-order valence-electron chi connectivity index (χ4n) is 3.66. The predicted octanol–water partition coefficient (Wildman–Crippen LogP) is 4.82. The predicted molar refractivity (Wildman–Crippen MR) is 116 cm³/mol. The molecular weight excluding hydrogens is 364 g/mol. The lowest BCUT2D eigenvalue weighted by molar-refractivity contribution is -0.105. The van der Waals surface area contributed by atoms with Gasteiger partial charge in [0.05, 0.1) is 12.3 Å². The van der Waals surface area contributed by atoms with Crippen LogP contribution in [0.1, 0.15) is 37.7 Å². The summed E-state index contributed by atoms with van der Waals surface area (Å²) >= 11 is 0. The molecule has 2 aromatic rings. The summed E-state index contributed by atoms with van der Waals surface area (Å²) in [7, 11) is 0. The Morgan fingerprint density at radius 3 is 2.41 bits per heavy atom. The van der Waals surface area contributed by atoms with Gasteiger partial charge >= 0.3 is 0 Å². The number of likely N-dealkylation sites (tertiary alicyclic amines) is 1. The highest BCUT2D eigenvalue weighted by Crippen LogP contribution is 2.21. The van der Waals surface area contributed by atoms with E-state index in [9.17, 15) is 0 Å². The summed E-state index contributed by atoms with van der Waals surface area (Å²) in [6.45, 7) is 4.95. The van der Waals surface area contributed by atoms with E-state index in [2.05, 4.69) is 9.89 Å². The molecule has 0 bridgehead atoms. The molecule has 5 heteroatoms. The summed E-state index contributed by atoms with van der Waals surface area (Å²) in [4.78, 5) is 7.01. The van der Waals surface area contributed by atoms with Crippen molar-refractivity contribution in [1.82, 2.24) is 4.90 Å². The normalized spacial score (nSPS) is 20.2. The quantitative estimate of drug-likeness (QED) is 0.602. The number of benzene rings is 2. The molecule has 0 spiro atoms. The van der Waals surface area contributed by atoms with E-state index in [4.69, 9.17) is 14.2 Å². The topological polar surface area (TPSA) is 43.3 Å². The average Bonchev–Trinajstić information content (AvgIpc) is 3.29. The van der Waals surface area contributed by atoms with Crippen molar-refractivity contribution >= 4 is 11.9 Å². The highest BCUT2D eigenvalue weighted by molar-refractivity contribution is 5.82. The van der Waals surface area contributed by atoms with Gasteiger partial charge in [-0.05, 0) is 92.9 Å². The minimum absolute atomic E-state index is 0.112. The summed E-state index contributed by atoms with van der Waals surface area (Å²) in [6, 6.07) is 15.9. The average molecular weight is 395 g/mol. The van der Waals surface area contributed by atoms with Gasteiger partial charge in [-0.15, -0.1) is 0 Å². The molecule has 0 radical (unpaired) electrons. The third kappa shape index (κ3) is 6.31. The van der Waals surface area contributed by atoms with Crippen molar-refractivity contribution in [3.05, 3.63) is 54.1 Å². The van der Waals surface area contributed by atoms with E-state index < -0.39 is 0 Å². The highest BCUT2D eigenvalue weighted by atomic mass is 16.7. The Bertz CT molecular complexity index is 762. The van der Waals surface area contributed by atoms with Gasteiger partial charge in [-0.3, -0.25) is 9.89 Å². The first-order valence-corrected chi connectivity index (χ1v) is 10.7. The van der Waals surface area contributed by atoms with Gasteiger partial charge in [-0.1, -0.05) is 0 Å². The molecule has 2 fully saturated rings. The molecule has 0 amide bonds. The van der Waals surface area contributed by atoms with Crippen LogP contribution in [0.25, 0.3) is 0 Å². The summed E-state index contributed by atoms with van der Waals surface area (Å²) in [5.74, 6) is 1.74. The van der Waals surface area contributed by atoms with Crippen LogP contribution >= 0.6 is 0 Å². The van der Waals surface area contributed by atoms with Gasteiger partial charge in [0.25, 0.3) is 0 Å². The number of nitrogens with zero attached hydrogens (tertiary/aromatic N) is 2. The molecule has 1 unspecified atom stereocenters. The van der Waals surface area contributed by atoms with Crippen LogP contribution in [0, 0.1) is 0 Å². The lowest BCUT2D eigenvalue weighted by Gasteiger charge is -2.23. The molecule has 0 N–H and O–H groups in total. The van der Waals surface area contributed by atoms with E-state index in [0.29, 0.717) is 0 Å². The summed E-state index contributed by atoms with van der Waals surface area (Å²) in [5, 5.41) is 0. The molecule has 2 saturated heterocycles. The SMILES string of the molecule is C(=Nc1ccc(OCCN2CCCC2)cc1)c1ccc(OC2CCCCO2)cc1. The molecule has 0 aromatic heterocycles. The summed E-state index contributed by atoms with van der Waals surface area (Å²) in [5.41, 5.74) is 1.95. The first kappa shape index (κ1) is 19.9. The molecule has 0 saturated carbocycles. The maximum Gasteiger partial charge on any atom is 0.199 e. The van der Waals surface area contributed by atoms with Crippen LogP contribution < -0.4 is 9.47 Å². The van der Waals surface area contributed by atoms with E-state index in [0.717, 1.165) is 61.8 Å². The Morgan fingerprint density at radius 2 is 1.69 bits per heavy atom. The maximum absolute atomic E-state index is 5.87. The van der Waals surface area contributed by atoms with E-state index in [1.165, 1.54) is 25.9 Å². The Kier molecular flexibility index (Phi) is 7.16. The van der Waals surface area contributed by atoms with Crippen molar-refractivity contribution in [2.45, 2.75) is 38.4 Å². The molecule has 2 aromatic carbocycles. The first-order valence-electron chi connectivity index (χ1n) is 10.7. The highest BCUT2D eigenvalue weighted by Gasteiger charge is 2.15. The van der Waals surface area contributed by atoms with Gasteiger partial charge in [-0.25, -0.2) is 0 Å². The largest absolute Gasteiger partial charge is 0.492 e. The van der Waals surface area contributed by atoms with Crippen molar-refractivity contribution in [2.24, 2.45) is 4.99 Å². The Morgan fingerprint density at radius 1 is 0.931 bits per heavy atom. The zero-order valence-electron chi connectivity index (χ0n) is 17.0. The molecule has 1 atom stereocenters. The molecule has 154 valence electrons. The molecule has 5 nitrogen and oxygen atoms in total. The van der Waals surface area contributed by atoms with E-state index in [-0.39, 0.29) is 6.29 Å². The van der Waals surface area contributed by atoms with Crippen LogP contribution in [-0.4, -0.2) is 50.3 Å². The molecule has 2 heterocycles. The third-order valence-corrected chi connectivity index (χ3v) is 5.36.